The molecule has 120 valence electrons. The third-order valence-electron chi connectivity index (χ3n) is 5.51. The maximum absolute atomic E-state index is 12.3. The molecule has 4 nitrogen and oxygen atoms in total. The summed E-state index contributed by atoms with van der Waals surface area (Å²) < 4.78 is 0. The van der Waals surface area contributed by atoms with Gasteiger partial charge in [0.1, 0.15) is 0 Å². The van der Waals surface area contributed by atoms with Crippen molar-refractivity contribution in [3.05, 3.63) is 35.4 Å². The average Bonchev–Trinajstić information content (AvgIpc) is 2.80. The van der Waals surface area contributed by atoms with Crippen LogP contribution in [0.2, 0.25) is 0 Å². The predicted octanol–water partition coefficient (Wildman–Crippen LogP) is 2.77. The summed E-state index contributed by atoms with van der Waals surface area (Å²) in [5.41, 5.74) is 2.16. The third kappa shape index (κ3) is 2.98. The highest BCUT2D eigenvalue weighted by molar-refractivity contribution is 5.75. The SMILES string of the molecule is CC1CCCC(NC(=O)NC2c3ccccc3CC2O)C1C. The first-order chi connectivity index (χ1) is 10.6. The smallest absolute Gasteiger partial charge is 0.315 e. The van der Waals surface area contributed by atoms with Gasteiger partial charge in [0.2, 0.25) is 0 Å². The zero-order valence-electron chi connectivity index (χ0n) is 13.4. The summed E-state index contributed by atoms with van der Waals surface area (Å²) in [6, 6.07) is 7.70. The molecule has 2 aliphatic rings. The Morgan fingerprint density at radius 1 is 1.18 bits per heavy atom. The lowest BCUT2D eigenvalue weighted by Gasteiger charge is -2.35. The van der Waals surface area contributed by atoms with E-state index in [-0.39, 0.29) is 18.1 Å². The number of hydrogen-bond acceptors (Lipinski definition) is 2. The van der Waals surface area contributed by atoms with E-state index >= 15 is 0 Å². The van der Waals surface area contributed by atoms with Crippen LogP contribution in [-0.4, -0.2) is 23.3 Å². The van der Waals surface area contributed by atoms with Crippen molar-refractivity contribution < 1.29 is 9.90 Å². The molecule has 0 aliphatic heterocycles. The van der Waals surface area contributed by atoms with Crippen LogP contribution in [0, 0.1) is 11.8 Å². The largest absolute Gasteiger partial charge is 0.390 e. The molecule has 22 heavy (non-hydrogen) atoms. The second kappa shape index (κ2) is 6.29. The number of aliphatic hydroxyl groups is 1. The maximum atomic E-state index is 12.3. The number of urea groups is 1. The summed E-state index contributed by atoms with van der Waals surface area (Å²) in [6.45, 7) is 4.47. The minimum Gasteiger partial charge on any atom is -0.390 e. The van der Waals surface area contributed by atoms with Gasteiger partial charge in [-0.25, -0.2) is 4.79 Å². The average molecular weight is 302 g/mol. The van der Waals surface area contributed by atoms with Crippen molar-refractivity contribution >= 4 is 6.03 Å². The molecule has 0 bridgehead atoms. The lowest BCUT2D eigenvalue weighted by Crippen LogP contribution is -2.49. The molecule has 2 aliphatic carbocycles. The zero-order valence-corrected chi connectivity index (χ0v) is 13.4. The van der Waals surface area contributed by atoms with E-state index in [4.69, 9.17) is 0 Å². The molecule has 0 radical (unpaired) electrons. The van der Waals surface area contributed by atoms with E-state index < -0.39 is 6.10 Å². The van der Waals surface area contributed by atoms with Gasteiger partial charge >= 0.3 is 6.03 Å². The minimum absolute atomic E-state index is 0.160. The molecular formula is C18H26N2O2. The highest BCUT2D eigenvalue weighted by Crippen LogP contribution is 2.32. The number of carbonyl (C=O) groups excluding carboxylic acids is 1. The Balaban J connectivity index is 1.62. The zero-order chi connectivity index (χ0) is 15.7. The van der Waals surface area contributed by atoms with E-state index in [1.165, 1.54) is 12.8 Å². The number of fused-ring (bicyclic) bond motifs is 1. The van der Waals surface area contributed by atoms with Gasteiger partial charge < -0.3 is 15.7 Å². The summed E-state index contributed by atoms with van der Waals surface area (Å²) in [4.78, 5) is 12.3. The molecule has 0 saturated heterocycles. The molecule has 3 rings (SSSR count). The summed E-state index contributed by atoms with van der Waals surface area (Å²) in [5, 5.41) is 16.3. The van der Waals surface area contributed by atoms with Crippen LogP contribution in [0.5, 0.6) is 0 Å². The van der Waals surface area contributed by atoms with E-state index in [0.29, 0.717) is 18.3 Å². The number of aliphatic hydroxyl groups excluding tert-OH is 1. The highest BCUT2D eigenvalue weighted by Gasteiger charge is 2.33. The van der Waals surface area contributed by atoms with E-state index in [9.17, 15) is 9.90 Å². The normalized spacial score (nSPS) is 34.0. The fourth-order valence-electron chi connectivity index (χ4n) is 3.88. The molecule has 3 N–H and O–H groups in total. The Hall–Kier alpha value is -1.55. The monoisotopic (exact) mass is 302 g/mol. The molecule has 0 aromatic heterocycles. The Kier molecular flexibility index (Phi) is 4.39. The summed E-state index contributed by atoms with van der Waals surface area (Å²) in [6.07, 6.45) is 3.53. The van der Waals surface area contributed by atoms with Gasteiger partial charge in [-0.1, -0.05) is 51.0 Å². The number of hydrogen-bond donors (Lipinski definition) is 3. The van der Waals surface area contributed by atoms with Crippen LogP contribution in [0.4, 0.5) is 4.79 Å². The Bertz CT molecular complexity index is 546. The first-order valence-electron chi connectivity index (χ1n) is 8.39. The Labute approximate surface area is 132 Å². The number of nitrogens with one attached hydrogen (secondary N) is 2. The molecule has 2 amide bonds. The van der Waals surface area contributed by atoms with Crippen molar-refractivity contribution in [3.63, 3.8) is 0 Å². The van der Waals surface area contributed by atoms with Crippen molar-refractivity contribution in [2.24, 2.45) is 11.8 Å². The highest BCUT2D eigenvalue weighted by atomic mass is 16.3. The van der Waals surface area contributed by atoms with Crippen molar-refractivity contribution in [3.8, 4) is 0 Å². The Morgan fingerprint density at radius 2 is 1.95 bits per heavy atom. The number of rotatable bonds is 2. The standard InChI is InChI=1S/C18H26N2O2/c1-11-6-5-9-15(12(11)2)19-18(22)20-17-14-8-4-3-7-13(14)10-16(17)21/h3-4,7-8,11-12,15-17,21H,5-6,9-10H2,1-2H3,(H2,19,20,22). The summed E-state index contributed by atoms with van der Waals surface area (Å²) in [7, 11) is 0. The third-order valence-corrected chi connectivity index (χ3v) is 5.51. The van der Waals surface area contributed by atoms with Gasteiger partial charge in [-0.15, -0.1) is 0 Å². The van der Waals surface area contributed by atoms with Crippen LogP contribution in [-0.2, 0) is 6.42 Å². The quantitative estimate of drug-likeness (QED) is 0.786. The molecule has 0 heterocycles. The van der Waals surface area contributed by atoms with Crippen LogP contribution >= 0.6 is 0 Å². The van der Waals surface area contributed by atoms with Crippen molar-refractivity contribution in [1.29, 1.82) is 0 Å². The molecule has 5 unspecified atom stereocenters. The van der Waals surface area contributed by atoms with Gasteiger partial charge in [-0.05, 0) is 29.4 Å². The fourth-order valence-corrected chi connectivity index (χ4v) is 3.88. The summed E-state index contributed by atoms with van der Waals surface area (Å²) >= 11 is 0. The second-order valence-corrected chi connectivity index (χ2v) is 6.94. The lowest BCUT2D eigenvalue weighted by molar-refractivity contribution is 0.139. The van der Waals surface area contributed by atoms with Crippen molar-refractivity contribution in [1.82, 2.24) is 10.6 Å². The topological polar surface area (TPSA) is 61.4 Å². The first kappa shape index (κ1) is 15.3. The summed E-state index contributed by atoms with van der Waals surface area (Å²) in [5.74, 6) is 1.15. The molecule has 1 aromatic rings. The number of carbonyl (C=O) groups is 1. The molecule has 1 aromatic carbocycles. The fraction of sp³-hybridized carbons (Fsp3) is 0.611. The van der Waals surface area contributed by atoms with Gasteiger partial charge in [0.25, 0.3) is 0 Å². The number of amides is 2. The molecular weight excluding hydrogens is 276 g/mol. The van der Waals surface area contributed by atoms with Gasteiger partial charge in [-0.3, -0.25) is 0 Å². The predicted molar refractivity (Wildman–Crippen MR) is 86.5 cm³/mol. The van der Waals surface area contributed by atoms with Crippen LogP contribution < -0.4 is 10.6 Å². The van der Waals surface area contributed by atoms with E-state index in [0.717, 1.165) is 17.5 Å². The van der Waals surface area contributed by atoms with Crippen LogP contribution in [0.25, 0.3) is 0 Å². The van der Waals surface area contributed by atoms with Crippen molar-refractivity contribution in [2.45, 2.75) is 57.7 Å². The van der Waals surface area contributed by atoms with Gasteiger partial charge in [0, 0.05) is 12.5 Å². The maximum Gasteiger partial charge on any atom is 0.315 e. The van der Waals surface area contributed by atoms with E-state index in [2.05, 4.69) is 24.5 Å². The molecule has 1 fully saturated rings. The van der Waals surface area contributed by atoms with Crippen LogP contribution in [0.15, 0.2) is 24.3 Å². The number of benzene rings is 1. The lowest BCUT2D eigenvalue weighted by atomic mass is 9.78. The Morgan fingerprint density at radius 3 is 2.77 bits per heavy atom. The van der Waals surface area contributed by atoms with Gasteiger partial charge in [-0.2, -0.15) is 0 Å². The van der Waals surface area contributed by atoms with Gasteiger partial charge in [0.05, 0.1) is 12.1 Å². The molecule has 0 spiro atoms. The van der Waals surface area contributed by atoms with E-state index in [1.54, 1.807) is 0 Å². The molecule has 5 atom stereocenters. The minimum atomic E-state index is -0.536. The van der Waals surface area contributed by atoms with Crippen LogP contribution in [0.3, 0.4) is 0 Å². The first-order valence-corrected chi connectivity index (χ1v) is 8.39. The molecule has 1 saturated carbocycles. The van der Waals surface area contributed by atoms with Gasteiger partial charge in [0.15, 0.2) is 0 Å². The van der Waals surface area contributed by atoms with E-state index in [1.807, 2.05) is 24.3 Å². The second-order valence-electron chi connectivity index (χ2n) is 6.94. The molecule has 4 heteroatoms. The van der Waals surface area contributed by atoms with Crippen molar-refractivity contribution in [2.75, 3.05) is 0 Å². The van der Waals surface area contributed by atoms with Crippen LogP contribution in [0.1, 0.15) is 50.3 Å².